The Bertz CT molecular complexity index is 665. The first kappa shape index (κ1) is 19.8. The third kappa shape index (κ3) is 5.12. The van der Waals surface area contributed by atoms with E-state index >= 15 is 0 Å². The molecule has 9 heteroatoms. The number of carbonyl (C=O) groups excluding carboxylic acids is 1. The Labute approximate surface area is 140 Å². The Morgan fingerprint density at radius 3 is 2.35 bits per heavy atom. The molecule has 2 rings (SSSR count). The van der Waals surface area contributed by atoms with Crippen LogP contribution in [0.4, 0.5) is 8.78 Å². The van der Waals surface area contributed by atoms with Crippen molar-refractivity contribution >= 4 is 28.2 Å². The molecule has 1 aromatic carbocycles. The molecule has 23 heavy (non-hydrogen) atoms. The van der Waals surface area contributed by atoms with Crippen LogP contribution in [0.25, 0.3) is 0 Å². The highest BCUT2D eigenvalue weighted by Gasteiger charge is 2.43. The van der Waals surface area contributed by atoms with Crippen molar-refractivity contribution in [3.8, 4) is 0 Å². The van der Waals surface area contributed by atoms with Gasteiger partial charge in [0, 0.05) is 26.3 Å². The normalized spacial score (nSPS) is 19.9. The molecular weight excluding hydrogens is 350 g/mol. The summed E-state index contributed by atoms with van der Waals surface area (Å²) in [4.78, 5) is 13.7. The van der Waals surface area contributed by atoms with Gasteiger partial charge in [0.25, 0.3) is 5.92 Å². The smallest absolute Gasteiger partial charge is 0.262 e. The van der Waals surface area contributed by atoms with Crippen LogP contribution in [0.1, 0.15) is 12.0 Å². The highest BCUT2D eigenvalue weighted by atomic mass is 35.5. The predicted octanol–water partition coefficient (Wildman–Crippen LogP) is 1.47. The van der Waals surface area contributed by atoms with Crippen LogP contribution >= 0.6 is 12.4 Å². The predicted molar refractivity (Wildman–Crippen MR) is 84.6 cm³/mol. The second-order valence-corrected chi connectivity index (χ2v) is 7.62. The highest BCUT2D eigenvalue weighted by Crippen LogP contribution is 2.26. The van der Waals surface area contributed by atoms with E-state index < -0.39 is 40.7 Å². The van der Waals surface area contributed by atoms with Gasteiger partial charge in [0.2, 0.25) is 5.91 Å². The minimum atomic E-state index is -3.26. The monoisotopic (exact) mass is 368 g/mol. The number of halogens is 3. The number of amides is 1. The number of carbonyl (C=O) groups is 1. The van der Waals surface area contributed by atoms with Gasteiger partial charge < -0.3 is 4.90 Å². The van der Waals surface area contributed by atoms with Crippen LogP contribution in [-0.2, 0) is 21.2 Å². The zero-order valence-electron chi connectivity index (χ0n) is 12.8. The lowest BCUT2D eigenvalue weighted by molar-refractivity contribution is -0.132. The molecule has 1 saturated heterocycles. The fourth-order valence-corrected chi connectivity index (χ4v) is 2.98. The molecule has 130 valence electrons. The lowest BCUT2D eigenvalue weighted by atomic mass is 10.1. The molecule has 0 bridgehead atoms. The van der Waals surface area contributed by atoms with Crippen molar-refractivity contribution in [2.24, 2.45) is 0 Å². The Morgan fingerprint density at radius 1 is 1.35 bits per heavy atom. The number of nitrogens with one attached hydrogen (secondary N) is 1. The van der Waals surface area contributed by atoms with Gasteiger partial charge in [0.1, 0.15) is 0 Å². The molecule has 0 saturated carbocycles. The van der Waals surface area contributed by atoms with Gasteiger partial charge in [-0.25, -0.2) is 17.2 Å². The van der Waals surface area contributed by atoms with E-state index in [2.05, 4.69) is 5.32 Å². The third-order valence-electron chi connectivity index (χ3n) is 3.56. The van der Waals surface area contributed by atoms with Crippen molar-refractivity contribution in [2.45, 2.75) is 29.8 Å². The van der Waals surface area contributed by atoms with Gasteiger partial charge in [0.05, 0.1) is 17.5 Å². The van der Waals surface area contributed by atoms with Crippen LogP contribution in [0, 0.1) is 0 Å². The van der Waals surface area contributed by atoms with E-state index in [1.165, 1.54) is 24.1 Å². The quantitative estimate of drug-likeness (QED) is 0.874. The maximum absolute atomic E-state index is 13.1. The van der Waals surface area contributed by atoms with Crippen LogP contribution in [0.5, 0.6) is 0 Å². The second kappa shape index (κ2) is 7.11. The number of alkyl halides is 2. The summed E-state index contributed by atoms with van der Waals surface area (Å²) < 4.78 is 49.0. The summed E-state index contributed by atoms with van der Waals surface area (Å²) in [6.45, 7) is -0.257. The van der Waals surface area contributed by atoms with E-state index in [1.807, 2.05) is 0 Å². The molecule has 5 nitrogen and oxygen atoms in total. The summed E-state index contributed by atoms with van der Waals surface area (Å²) in [6, 6.07) is 5.26. The van der Waals surface area contributed by atoms with E-state index in [-0.39, 0.29) is 23.8 Å². The van der Waals surface area contributed by atoms with E-state index in [9.17, 15) is 22.0 Å². The summed E-state index contributed by atoms with van der Waals surface area (Å²) in [5.41, 5.74) is 0.730. The average Bonchev–Trinajstić information content (AvgIpc) is 2.77. The van der Waals surface area contributed by atoms with Crippen molar-refractivity contribution in [1.82, 2.24) is 10.2 Å². The molecule has 1 atom stereocenters. The maximum Gasteiger partial charge on any atom is 0.262 e. The van der Waals surface area contributed by atoms with Gasteiger partial charge in [-0.05, 0) is 17.7 Å². The molecule has 0 spiro atoms. The third-order valence-corrected chi connectivity index (χ3v) is 4.68. The molecule has 1 aliphatic rings. The Hall–Kier alpha value is -1.25. The molecule has 1 amide bonds. The van der Waals surface area contributed by atoms with Gasteiger partial charge in [0.15, 0.2) is 9.84 Å². The van der Waals surface area contributed by atoms with Gasteiger partial charge in [-0.3, -0.25) is 10.1 Å². The molecule has 0 radical (unpaired) electrons. The molecule has 1 aliphatic heterocycles. The summed E-state index contributed by atoms with van der Waals surface area (Å²) in [7, 11) is -1.73. The van der Waals surface area contributed by atoms with Crippen LogP contribution in [0.2, 0.25) is 0 Å². The van der Waals surface area contributed by atoms with E-state index in [4.69, 9.17) is 0 Å². The van der Waals surface area contributed by atoms with Crippen molar-refractivity contribution < 1.29 is 22.0 Å². The number of hydrogen-bond donors (Lipinski definition) is 1. The van der Waals surface area contributed by atoms with Gasteiger partial charge in [-0.1, -0.05) is 12.1 Å². The average molecular weight is 369 g/mol. The summed E-state index contributed by atoms with van der Waals surface area (Å²) in [5, 5.41) is 2.52. The molecule has 1 fully saturated rings. The number of nitrogens with zero attached hydrogens (tertiary/aromatic N) is 1. The number of benzene rings is 1. The lowest BCUT2D eigenvalue weighted by Crippen LogP contribution is -2.41. The molecule has 1 N–H and O–H groups in total. The van der Waals surface area contributed by atoms with Crippen molar-refractivity contribution in [1.29, 1.82) is 0 Å². The minimum Gasteiger partial charge on any atom is -0.340 e. The zero-order valence-corrected chi connectivity index (χ0v) is 14.4. The lowest BCUT2D eigenvalue weighted by Gasteiger charge is -2.21. The fourth-order valence-electron chi connectivity index (χ4n) is 2.35. The minimum absolute atomic E-state index is 0. The van der Waals surface area contributed by atoms with Crippen LogP contribution < -0.4 is 5.32 Å². The first-order chi connectivity index (χ1) is 10.1. The van der Waals surface area contributed by atoms with Crippen LogP contribution in [0.15, 0.2) is 29.2 Å². The van der Waals surface area contributed by atoms with Gasteiger partial charge >= 0.3 is 0 Å². The van der Waals surface area contributed by atoms with E-state index in [0.29, 0.717) is 0 Å². The molecular formula is C14H19ClF2N2O3S. The Kier molecular flexibility index (Phi) is 6.12. The van der Waals surface area contributed by atoms with Crippen molar-refractivity contribution in [3.05, 3.63) is 29.8 Å². The molecule has 0 aliphatic carbocycles. The van der Waals surface area contributed by atoms with Crippen LogP contribution in [0.3, 0.4) is 0 Å². The standard InChI is InChI=1S/C14H18F2N2O3S.ClH/c1-18(13(19)12-7-14(15,16)9-17-12)8-10-3-5-11(6-4-10)22(2,20)21;/h3-6,12,17H,7-9H2,1-2H3;1H. The molecule has 0 aromatic heterocycles. The number of likely N-dealkylation sites (N-methyl/N-ethyl adjacent to an activating group) is 1. The molecule has 1 aromatic rings. The number of hydrogen-bond acceptors (Lipinski definition) is 4. The summed E-state index contributed by atoms with van der Waals surface area (Å²) in [6.07, 6.45) is 0.618. The van der Waals surface area contributed by atoms with Gasteiger partial charge in [-0.2, -0.15) is 0 Å². The zero-order chi connectivity index (χ0) is 16.5. The van der Waals surface area contributed by atoms with Crippen LogP contribution in [-0.4, -0.2) is 51.0 Å². The van der Waals surface area contributed by atoms with E-state index in [0.717, 1.165) is 11.8 Å². The van der Waals surface area contributed by atoms with E-state index in [1.54, 1.807) is 12.1 Å². The van der Waals surface area contributed by atoms with Crippen molar-refractivity contribution in [3.63, 3.8) is 0 Å². The van der Waals surface area contributed by atoms with Crippen molar-refractivity contribution in [2.75, 3.05) is 19.8 Å². The largest absolute Gasteiger partial charge is 0.340 e. The first-order valence-corrected chi connectivity index (χ1v) is 8.63. The SMILES string of the molecule is CN(Cc1ccc(S(C)(=O)=O)cc1)C(=O)C1CC(F)(F)CN1.Cl. The Morgan fingerprint density at radius 2 is 1.91 bits per heavy atom. The second-order valence-electron chi connectivity index (χ2n) is 5.60. The fraction of sp³-hybridized carbons (Fsp3) is 0.500. The Balaban J connectivity index is 0.00000264. The molecule has 1 unspecified atom stereocenters. The summed E-state index contributed by atoms with van der Waals surface area (Å²) >= 11 is 0. The number of rotatable bonds is 4. The first-order valence-electron chi connectivity index (χ1n) is 6.74. The molecule has 1 heterocycles. The van der Waals surface area contributed by atoms with Gasteiger partial charge in [-0.15, -0.1) is 12.4 Å². The highest BCUT2D eigenvalue weighted by molar-refractivity contribution is 7.90. The topological polar surface area (TPSA) is 66.5 Å². The summed E-state index contributed by atoms with van der Waals surface area (Å²) in [5.74, 6) is -3.25. The number of sulfone groups is 1. The maximum atomic E-state index is 13.1.